The summed E-state index contributed by atoms with van der Waals surface area (Å²) in [6.45, 7) is 19.3. The summed E-state index contributed by atoms with van der Waals surface area (Å²) in [4.78, 5) is 27.1. The van der Waals surface area contributed by atoms with E-state index in [4.69, 9.17) is 4.74 Å². The number of carbonyl (C=O) groups excluding carboxylic acids is 1. The standard InChI is InChI=1S/C42H66N2O4/c1-27(2)30-17-22-42(43-37(47)48-26-10-25-44(8)9)24-23-40(6)32(35(30)42)15-16-34-39(5)20-18-31(28-11-13-29(14-12-28)36(45)46)38(3,4)33(39)19-21-41(34,40)7/h11-14,27,30-35H,10,15-26H2,1-9H3,(H,43,47)(H,45,46)/t30?,31-,32+,33-,34+,35+,39-,40+,41+,42-/m0/s1. The zero-order valence-corrected chi connectivity index (χ0v) is 31.7. The number of aromatic carboxylic acids is 1. The molecule has 0 bridgehead atoms. The van der Waals surface area contributed by atoms with Crippen LogP contribution in [0.5, 0.6) is 0 Å². The topological polar surface area (TPSA) is 78.9 Å². The molecule has 1 amide bonds. The highest BCUT2D eigenvalue weighted by Crippen LogP contribution is 2.77. The Morgan fingerprint density at radius 3 is 2.23 bits per heavy atom. The van der Waals surface area contributed by atoms with Crippen molar-refractivity contribution in [2.75, 3.05) is 27.2 Å². The maximum absolute atomic E-state index is 13.4. The van der Waals surface area contributed by atoms with Crippen LogP contribution in [0.3, 0.4) is 0 Å². The second kappa shape index (κ2) is 12.6. The largest absolute Gasteiger partial charge is 0.478 e. The van der Waals surface area contributed by atoms with E-state index in [1.165, 1.54) is 56.9 Å². The Hall–Kier alpha value is -2.08. The van der Waals surface area contributed by atoms with Gasteiger partial charge in [0.1, 0.15) is 0 Å². The number of amides is 1. The van der Waals surface area contributed by atoms with E-state index in [-0.39, 0.29) is 33.3 Å². The number of hydrogen-bond acceptors (Lipinski definition) is 4. The predicted molar refractivity (Wildman–Crippen MR) is 193 cm³/mol. The molecule has 0 spiro atoms. The first kappa shape index (κ1) is 35.7. The minimum Gasteiger partial charge on any atom is -0.478 e. The summed E-state index contributed by atoms with van der Waals surface area (Å²) in [6, 6.07) is 7.79. The molecule has 5 saturated carbocycles. The number of benzene rings is 1. The van der Waals surface area contributed by atoms with Crippen LogP contribution < -0.4 is 5.32 Å². The summed E-state index contributed by atoms with van der Waals surface area (Å²) in [6.07, 6.45) is 12.8. The Morgan fingerprint density at radius 1 is 0.875 bits per heavy atom. The maximum atomic E-state index is 13.4. The van der Waals surface area contributed by atoms with Gasteiger partial charge in [0, 0.05) is 12.1 Å². The number of alkyl carbamates (subject to hydrolysis) is 1. The third-order valence-electron chi connectivity index (χ3n) is 16.3. The van der Waals surface area contributed by atoms with E-state index in [0.717, 1.165) is 25.8 Å². The van der Waals surface area contributed by atoms with Crippen LogP contribution in [0, 0.1) is 57.2 Å². The Labute approximate surface area is 291 Å². The summed E-state index contributed by atoms with van der Waals surface area (Å²) in [5.74, 6) is 3.31. The molecule has 6 heteroatoms. The number of carboxylic acid groups (broad SMARTS) is 1. The maximum Gasteiger partial charge on any atom is 0.407 e. The van der Waals surface area contributed by atoms with Gasteiger partial charge in [-0.05, 0) is 166 Å². The number of carbonyl (C=O) groups is 2. The van der Waals surface area contributed by atoms with Gasteiger partial charge in [-0.3, -0.25) is 0 Å². The number of rotatable bonds is 8. The van der Waals surface area contributed by atoms with Crippen LogP contribution >= 0.6 is 0 Å². The van der Waals surface area contributed by atoms with E-state index in [0.29, 0.717) is 53.6 Å². The molecule has 2 N–H and O–H groups in total. The average Bonchev–Trinajstić information content (AvgIpc) is 3.39. The normalized spacial score (nSPS) is 41.6. The van der Waals surface area contributed by atoms with Gasteiger partial charge >= 0.3 is 12.1 Å². The molecule has 0 radical (unpaired) electrons. The number of carboxylic acids is 1. The van der Waals surface area contributed by atoms with Crippen molar-refractivity contribution in [3.05, 3.63) is 35.4 Å². The first-order valence-electron chi connectivity index (χ1n) is 19.4. The zero-order chi connectivity index (χ0) is 34.9. The molecule has 5 aliphatic carbocycles. The fraction of sp³-hybridized carbons (Fsp3) is 0.810. The molecular weight excluding hydrogens is 596 g/mol. The summed E-state index contributed by atoms with van der Waals surface area (Å²) >= 11 is 0. The van der Waals surface area contributed by atoms with Crippen LogP contribution in [-0.2, 0) is 4.74 Å². The van der Waals surface area contributed by atoms with Gasteiger partial charge in [0.05, 0.1) is 12.2 Å². The number of nitrogens with one attached hydrogen (secondary N) is 1. The van der Waals surface area contributed by atoms with Gasteiger partial charge in [-0.2, -0.15) is 0 Å². The van der Waals surface area contributed by atoms with Gasteiger partial charge in [0.15, 0.2) is 0 Å². The van der Waals surface area contributed by atoms with E-state index >= 15 is 0 Å². The lowest BCUT2D eigenvalue weighted by Gasteiger charge is -2.73. The van der Waals surface area contributed by atoms with Gasteiger partial charge in [-0.1, -0.05) is 60.6 Å². The lowest BCUT2D eigenvalue weighted by atomic mass is 9.32. The molecule has 0 heterocycles. The van der Waals surface area contributed by atoms with Crippen LogP contribution in [-0.4, -0.2) is 54.9 Å². The summed E-state index contributed by atoms with van der Waals surface area (Å²) in [5.41, 5.74) is 2.50. The summed E-state index contributed by atoms with van der Waals surface area (Å²) in [5, 5.41) is 13.1. The van der Waals surface area contributed by atoms with Crippen molar-refractivity contribution >= 4 is 12.1 Å². The Morgan fingerprint density at radius 2 is 1.58 bits per heavy atom. The zero-order valence-electron chi connectivity index (χ0n) is 31.7. The lowest BCUT2D eigenvalue weighted by molar-refractivity contribution is -0.235. The molecule has 1 unspecified atom stereocenters. The van der Waals surface area contributed by atoms with Crippen LogP contribution in [0.1, 0.15) is 141 Å². The van der Waals surface area contributed by atoms with Gasteiger partial charge in [-0.15, -0.1) is 0 Å². The number of ether oxygens (including phenoxy) is 1. The van der Waals surface area contributed by atoms with Crippen molar-refractivity contribution in [3.8, 4) is 0 Å². The third-order valence-corrected chi connectivity index (χ3v) is 16.3. The molecule has 48 heavy (non-hydrogen) atoms. The lowest BCUT2D eigenvalue weighted by Crippen LogP contribution is -2.68. The van der Waals surface area contributed by atoms with E-state index in [9.17, 15) is 14.7 Å². The van der Waals surface area contributed by atoms with Crippen molar-refractivity contribution in [3.63, 3.8) is 0 Å². The van der Waals surface area contributed by atoms with Crippen molar-refractivity contribution in [1.82, 2.24) is 10.2 Å². The molecular formula is C42H66N2O4. The van der Waals surface area contributed by atoms with Gasteiger partial charge in [0.25, 0.3) is 0 Å². The van der Waals surface area contributed by atoms with Gasteiger partial charge in [0.2, 0.25) is 0 Å². The van der Waals surface area contributed by atoms with E-state index in [1.807, 2.05) is 0 Å². The molecule has 268 valence electrons. The smallest absolute Gasteiger partial charge is 0.407 e. The highest BCUT2D eigenvalue weighted by molar-refractivity contribution is 5.87. The Kier molecular flexibility index (Phi) is 9.38. The van der Waals surface area contributed by atoms with Crippen molar-refractivity contribution in [2.24, 2.45) is 57.2 Å². The second-order valence-corrected chi connectivity index (χ2v) is 19.1. The SMILES string of the molecule is CC(C)C1CC[C@]2(NC(=O)OCCCN(C)C)CC[C@]3(C)[C@H](CC[C@@H]4[C@@]5(C)CC[C@@H](c6ccc(C(=O)O)cc6)C(C)(C)[C@@H]5CC[C@]43C)[C@@H]12. The van der Waals surface area contributed by atoms with Gasteiger partial charge in [-0.25, -0.2) is 9.59 Å². The second-order valence-electron chi connectivity index (χ2n) is 19.1. The van der Waals surface area contributed by atoms with Crippen LogP contribution in [0.4, 0.5) is 4.79 Å². The first-order valence-corrected chi connectivity index (χ1v) is 19.4. The number of fused-ring (bicyclic) bond motifs is 7. The Bertz CT molecular complexity index is 1360. The first-order chi connectivity index (χ1) is 22.5. The molecule has 6 nitrogen and oxygen atoms in total. The fourth-order valence-corrected chi connectivity index (χ4v) is 13.9. The van der Waals surface area contributed by atoms with Crippen LogP contribution in [0.2, 0.25) is 0 Å². The van der Waals surface area contributed by atoms with Crippen molar-refractivity contribution in [2.45, 2.75) is 131 Å². The number of hydrogen-bond donors (Lipinski definition) is 2. The van der Waals surface area contributed by atoms with Crippen molar-refractivity contribution in [1.29, 1.82) is 0 Å². The predicted octanol–water partition coefficient (Wildman–Crippen LogP) is 9.64. The highest BCUT2D eigenvalue weighted by atomic mass is 16.5. The fourth-order valence-electron chi connectivity index (χ4n) is 13.9. The molecule has 10 atom stereocenters. The molecule has 0 saturated heterocycles. The Balaban J connectivity index is 1.25. The van der Waals surface area contributed by atoms with E-state index in [2.05, 4.69) is 84.9 Å². The molecule has 1 aromatic carbocycles. The number of nitrogens with zero attached hydrogens (tertiary/aromatic N) is 1. The molecule has 5 aliphatic rings. The minimum absolute atomic E-state index is 0.141. The molecule has 0 aliphatic heterocycles. The van der Waals surface area contributed by atoms with Crippen LogP contribution in [0.15, 0.2) is 24.3 Å². The van der Waals surface area contributed by atoms with Crippen LogP contribution in [0.25, 0.3) is 0 Å². The van der Waals surface area contributed by atoms with Crippen molar-refractivity contribution < 1.29 is 19.4 Å². The average molecular weight is 663 g/mol. The molecule has 0 aromatic heterocycles. The van der Waals surface area contributed by atoms with E-state index < -0.39 is 5.97 Å². The summed E-state index contributed by atoms with van der Waals surface area (Å²) in [7, 11) is 4.12. The molecule has 6 rings (SSSR count). The van der Waals surface area contributed by atoms with E-state index in [1.54, 1.807) is 12.1 Å². The monoisotopic (exact) mass is 663 g/mol. The minimum atomic E-state index is -0.851. The quantitative estimate of drug-likeness (QED) is 0.271. The third kappa shape index (κ3) is 5.53. The molecule has 1 aromatic rings. The summed E-state index contributed by atoms with van der Waals surface area (Å²) < 4.78 is 5.81. The van der Waals surface area contributed by atoms with Gasteiger partial charge < -0.3 is 20.1 Å². The highest BCUT2D eigenvalue weighted by Gasteiger charge is 2.71. The molecule has 5 fully saturated rings.